The number of nitrogens with zero attached hydrogens (tertiary/aromatic N) is 4. The molecule has 3 aromatic rings. The van der Waals surface area contributed by atoms with Gasteiger partial charge in [-0.3, -0.25) is 4.79 Å². The molecule has 31 heavy (non-hydrogen) atoms. The summed E-state index contributed by atoms with van der Waals surface area (Å²) in [5.74, 6) is 1.95. The summed E-state index contributed by atoms with van der Waals surface area (Å²) in [5.41, 5.74) is 3.15. The van der Waals surface area contributed by atoms with E-state index in [2.05, 4.69) is 51.1 Å². The largest absolute Gasteiger partial charge is 0.474 e. The first-order valence-corrected chi connectivity index (χ1v) is 10.8. The lowest BCUT2D eigenvalue weighted by atomic mass is 10.1. The summed E-state index contributed by atoms with van der Waals surface area (Å²) in [6.45, 7) is 4.88. The van der Waals surface area contributed by atoms with Crippen molar-refractivity contribution in [3.63, 3.8) is 0 Å². The van der Waals surface area contributed by atoms with Gasteiger partial charge in [0.15, 0.2) is 0 Å². The van der Waals surface area contributed by atoms with Gasteiger partial charge in [0, 0.05) is 43.1 Å². The Morgan fingerprint density at radius 2 is 1.97 bits per heavy atom. The highest BCUT2D eigenvalue weighted by Gasteiger charge is 2.24. The summed E-state index contributed by atoms with van der Waals surface area (Å²) in [5, 5.41) is 4.30. The van der Waals surface area contributed by atoms with Crippen LogP contribution in [0.4, 0.5) is 11.5 Å². The van der Waals surface area contributed by atoms with Gasteiger partial charge in [-0.2, -0.15) is 0 Å². The molecular formula is C24H25N5O2. The average molecular weight is 415 g/mol. The number of pyridine rings is 1. The fourth-order valence-corrected chi connectivity index (χ4v) is 4.02. The van der Waals surface area contributed by atoms with Crippen molar-refractivity contribution in [3.05, 3.63) is 61.1 Å². The lowest BCUT2D eigenvalue weighted by molar-refractivity contribution is -0.127. The summed E-state index contributed by atoms with van der Waals surface area (Å²) >= 11 is 0. The highest BCUT2D eigenvalue weighted by molar-refractivity contribution is 5.90. The van der Waals surface area contributed by atoms with Crippen LogP contribution in [0.2, 0.25) is 0 Å². The molecule has 1 saturated heterocycles. The molecule has 1 aliphatic heterocycles. The van der Waals surface area contributed by atoms with E-state index in [1.54, 1.807) is 17.4 Å². The van der Waals surface area contributed by atoms with Crippen LogP contribution in [-0.2, 0) is 4.79 Å². The van der Waals surface area contributed by atoms with Gasteiger partial charge in [0.1, 0.15) is 18.2 Å². The van der Waals surface area contributed by atoms with Gasteiger partial charge in [-0.1, -0.05) is 18.7 Å². The third-order valence-corrected chi connectivity index (χ3v) is 5.91. The van der Waals surface area contributed by atoms with E-state index in [-0.39, 0.29) is 12.0 Å². The molecule has 5 rings (SSSR count). The fourth-order valence-electron chi connectivity index (χ4n) is 4.02. The zero-order valence-corrected chi connectivity index (χ0v) is 17.3. The Hall–Kier alpha value is -3.48. The minimum absolute atomic E-state index is 0.0232. The molecular weight excluding hydrogens is 390 g/mol. The SMILES string of the molecule is C=CC(=O)N1CCC(Oc2cc3c(Nc4cccc(C5CC5)c4)ncnc3cn2)CC1. The Kier molecular flexibility index (Phi) is 5.24. The van der Waals surface area contributed by atoms with Crippen LogP contribution in [0.25, 0.3) is 10.9 Å². The number of carbonyl (C=O) groups is 1. The molecule has 1 aromatic carbocycles. The van der Waals surface area contributed by atoms with Crippen LogP contribution in [-0.4, -0.2) is 45.0 Å². The molecule has 1 amide bonds. The number of ether oxygens (including phenoxy) is 1. The van der Waals surface area contributed by atoms with E-state index in [0.29, 0.717) is 24.9 Å². The molecule has 0 radical (unpaired) electrons. The molecule has 1 aliphatic carbocycles. The first kappa shape index (κ1) is 19.5. The highest BCUT2D eigenvalue weighted by atomic mass is 16.5. The van der Waals surface area contributed by atoms with Crippen molar-refractivity contribution in [2.75, 3.05) is 18.4 Å². The standard InChI is InChI=1S/C24H25N5O2/c1-2-23(30)29-10-8-19(9-11-29)31-22-13-20-21(14-25-22)26-15-27-24(20)28-18-5-3-4-17(12-18)16-6-7-16/h2-5,12-16,19H,1,6-11H2,(H,26,27,28). The Labute approximate surface area is 181 Å². The topological polar surface area (TPSA) is 80.2 Å². The number of fused-ring (bicyclic) bond motifs is 1. The average Bonchev–Trinajstić information content (AvgIpc) is 3.65. The van der Waals surface area contributed by atoms with Crippen molar-refractivity contribution in [1.82, 2.24) is 19.9 Å². The first-order valence-electron chi connectivity index (χ1n) is 10.8. The van der Waals surface area contributed by atoms with Crippen molar-refractivity contribution in [2.45, 2.75) is 37.7 Å². The number of piperidine rings is 1. The molecule has 2 aromatic heterocycles. The second kappa shape index (κ2) is 8.34. The van der Waals surface area contributed by atoms with Crippen LogP contribution < -0.4 is 10.1 Å². The molecule has 2 fully saturated rings. The van der Waals surface area contributed by atoms with Crippen molar-refractivity contribution in [1.29, 1.82) is 0 Å². The van der Waals surface area contributed by atoms with E-state index in [9.17, 15) is 4.79 Å². The Balaban J connectivity index is 1.33. The number of anilines is 2. The van der Waals surface area contributed by atoms with Crippen molar-refractivity contribution >= 4 is 28.3 Å². The number of hydrogen-bond donors (Lipinski definition) is 1. The van der Waals surface area contributed by atoms with Crippen LogP contribution >= 0.6 is 0 Å². The lowest BCUT2D eigenvalue weighted by Gasteiger charge is -2.31. The summed E-state index contributed by atoms with van der Waals surface area (Å²) in [7, 11) is 0. The van der Waals surface area contributed by atoms with E-state index in [1.165, 1.54) is 24.5 Å². The van der Waals surface area contributed by atoms with Crippen molar-refractivity contribution < 1.29 is 9.53 Å². The fraction of sp³-hybridized carbons (Fsp3) is 0.333. The Morgan fingerprint density at radius 3 is 2.74 bits per heavy atom. The van der Waals surface area contributed by atoms with Gasteiger partial charge >= 0.3 is 0 Å². The quantitative estimate of drug-likeness (QED) is 0.608. The second-order valence-corrected chi connectivity index (χ2v) is 8.13. The summed E-state index contributed by atoms with van der Waals surface area (Å²) in [6.07, 6.45) is 8.72. The maximum atomic E-state index is 11.8. The molecule has 0 atom stereocenters. The van der Waals surface area contributed by atoms with E-state index < -0.39 is 0 Å². The lowest BCUT2D eigenvalue weighted by Crippen LogP contribution is -2.41. The van der Waals surface area contributed by atoms with Crippen LogP contribution in [0.1, 0.15) is 37.2 Å². The third-order valence-electron chi connectivity index (χ3n) is 5.91. The van der Waals surface area contributed by atoms with Crippen LogP contribution in [0, 0.1) is 0 Å². The van der Waals surface area contributed by atoms with Gasteiger partial charge in [-0.15, -0.1) is 0 Å². The third kappa shape index (κ3) is 4.35. The molecule has 7 nitrogen and oxygen atoms in total. The van der Waals surface area contributed by atoms with Crippen LogP contribution in [0.15, 0.2) is 55.5 Å². The summed E-state index contributed by atoms with van der Waals surface area (Å²) in [4.78, 5) is 26.8. The monoisotopic (exact) mass is 415 g/mol. The summed E-state index contributed by atoms with van der Waals surface area (Å²) < 4.78 is 6.13. The van der Waals surface area contributed by atoms with Gasteiger partial charge in [-0.05, 0) is 42.5 Å². The maximum absolute atomic E-state index is 11.8. The molecule has 0 spiro atoms. The van der Waals surface area contributed by atoms with E-state index in [4.69, 9.17) is 4.74 Å². The van der Waals surface area contributed by atoms with Crippen LogP contribution in [0.5, 0.6) is 5.88 Å². The molecule has 3 heterocycles. The predicted octanol–water partition coefficient (Wildman–Crippen LogP) is 4.20. The van der Waals surface area contributed by atoms with Gasteiger partial charge in [0.2, 0.25) is 11.8 Å². The zero-order chi connectivity index (χ0) is 21.2. The van der Waals surface area contributed by atoms with Gasteiger partial charge in [0.05, 0.1) is 11.7 Å². The van der Waals surface area contributed by atoms with Gasteiger partial charge in [-0.25, -0.2) is 15.0 Å². The molecule has 0 unspecified atom stereocenters. The predicted molar refractivity (Wildman–Crippen MR) is 119 cm³/mol. The molecule has 1 saturated carbocycles. The zero-order valence-electron chi connectivity index (χ0n) is 17.3. The summed E-state index contributed by atoms with van der Waals surface area (Å²) in [6, 6.07) is 10.4. The number of benzene rings is 1. The van der Waals surface area contributed by atoms with Gasteiger partial charge in [0.25, 0.3) is 0 Å². The Morgan fingerprint density at radius 1 is 1.13 bits per heavy atom. The Bertz CT molecular complexity index is 1120. The number of nitrogens with one attached hydrogen (secondary N) is 1. The first-order chi connectivity index (χ1) is 15.2. The van der Waals surface area contributed by atoms with Crippen molar-refractivity contribution in [2.24, 2.45) is 0 Å². The number of rotatable bonds is 6. The van der Waals surface area contributed by atoms with E-state index >= 15 is 0 Å². The molecule has 7 heteroatoms. The molecule has 158 valence electrons. The van der Waals surface area contributed by atoms with Crippen LogP contribution in [0.3, 0.4) is 0 Å². The number of aromatic nitrogens is 3. The van der Waals surface area contributed by atoms with E-state index in [0.717, 1.165) is 35.2 Å². The number of likely N-dealkylation sites (tertiary alicyclic amines) is 1. The number of carbonyl (C=O) groups excluding carboxylic acids is 1. The molecule has 2 aliphatic rings. The second-order valence-electron chi connectivity index (χ2n) is 8.13. The number of amides is 1. The van der Waals surface area contributed by atoms with E-state index in [1.807, 2.05) is 6.07 Å². The van der Waals surface area contributed by atoms with Crippen molar-refractivity contribution in [3.8, 4) is 5.88 Å². The molecule has 1 N–H and O–H groups in total. The minimum Gasteiger partial charge on any atom is -0.474 e. The van der Waals surface area contributed by atoms with Gasteiger partial charge < -0.3 is 15.0 Å². The molecule has 0 bridgehead atoms. The minimum atomic E-state index is -0.0269. The smallest absolute Gasteiger partial charge is 0.245 e. The number of hydrogen-bond acceptors (Lipinski definition) is 6. The highest BCUT2D eigenvalue weighted by Crippen LogP contribution is 2.41. The maximum Gasteiger partial charge on any atom is 0.245 e. The normalized spacial score (nSPS) is 16.8.